The molecule has 0 spiro atoms. The number of nitrogens with one attached hydrogen (secondary N) is 2. The van der Waals surface area contributed by atoms with E-state index in [1.54, 1.807) is 24.3 Å². The topological polar surface area (TPSA) is 88.2 Å². The van der Waals surface area contributed by atoms with Gasteiger partial charge in [0.2, 0.25) is 5.91 Å². The highest BCUT2D eigenvalue weighted by molar-refractivity contribution is 7.18. The third-order valence-corrected chi connectivity index (χ3v) is 4.73. The smallest absolute Gasteiger partial charge is 0.257 e. The van der Waals surface area contributed by atoms with Crippen molar-refractivity contribution in [1.29, 1.82) is 0 Å². The van der Waals surface area contributed by atoms with E-state index in [1.165, 1.54) is 13.8 Å². The van der Waals surface area contributed by atoms with E-state index in [2.05, 4.69) is 15.6 Å². The van der Waals surface area contributed by atoms with Crippen LogP contribution in [0.1, 0.15) is 33.9 Å². The van der Waals surface area contributed by atoms with Crippen LogP contribution >= 0.6 is 11.3 Å². The van der Waals surface area contributed by atoms with E-state index in [9.17, 15) is 14.4 Å². The molecule has 2 aromatic carbocycles. The molecule has 0 atom stereocenters. The number of aromatic nitrogens is 1. The maximum atomic E-state index is 12.5. The molecule has 0 unspecified atom stereocenters. The standard InChI is InChI=1S/C20H17N3O3S/c1-12(24)18-17(14-7-4-3-5-8-14)22-20(27-18)23-19(26)15-9-6-10-16(11-15)21-13(2)25/h3-11H,1-2H3,(H,21,25)(H,22,23,26). The maximum Gasteiger partial charge on any atom is 0.257 e. The van der Waals surface area contributed by atoms with Crippen LogP contribution in [0.25, 0.3) is 11.3 Å². The van der Waals surface area contributed by atoms with Crippen molar-refractivity contribution >= 4 is 39.8 Å². The highest BCUT2D eigenvalue weighted by Crippen LogP contribution is 2.31. The summed E-state index contributed by atoms with van der Waals surface area (Å²) in [6.45, 7) is 2.87. The van der Waals surface area contributed by atoms with Crippen molar-refractivity contribution in [2.24, 2.45) is 0 Å². The summed E-state index contributed by atoms with van der Waals surface area (Å²) in [6.07, 6.45) is 0. The second-order valence-corrected chi connectivity index (χ2v) is 6.83. The number of carbonyl (C=O) groups is 3. The fraction of sp³-hybridized carbons (Fsp3) is 0.100. The Morgan fingerprint density at radius 3 is 2.33 bits per heavy atom. The van der Waals surface area contributed by atoms with Crippen molar-refractivity contribution in [1.82, 2.24) is 4.98 Å². The van der Waals surface area contributed by atoms with Gasteiger partial charge in [-0.15, -0.1) is 0 Å². The van der Waals surface area contributed by atoms with Crippen LogP contribution in [0.2, 0.25) is 0 Å². The number of benzene rings is 2. The Morgan fingerprint density at radius 1 is 0.926 bits per heavy atom. The molecule has 136 valence electrons. The minimum absolute atomic E-state index is 0.112. The van der Waals surface area contributed by atoms with E-state index in [0.29, 0.717) is 27.0 Å². The van der Waals surface area contributed by atoms with E-state index >= 15 is 0 Å². The lowest BCUT2D eigenvalue weighted by atomic mass is 10.1. The molecule has 0 saturated carbocycles. The molecule has 2 amide bonds. The molecule has 2 N–H and O–H groups in total. The molecule has 1 aromatic heterocycles. The Labute approximate surface area is 160 Å². The highest BCUT2D eigenvalue weighted by Gasteiger charge is 2.18. The molecular weight excluding hydrogens is 362 g/mol. The Balaban J connectivity index is 1.87. The molecule has 7 heteroatoms. The average molecular weight is 379 g/mol. The number of carbonyl (C=O) groups excluding carboxylic acids is 3. The number of Topliss-reactive ketones (excluding diaryl/α,β-unsaturated/α-hetero) is 1. The molecule has 0 saturated heterocycles. The summed E-state index contributed by atoms with van der Waals surface area (Å²) < 4.78 is 0. The highest BCUT2D eigenvalue weighted by atomic mass is 32.1. The van der Waals surface area contributed by atoms with E-state index < -0.39 is 0 Å². The van der Waals surface area contributed by atoms with E-state index in [1.807, 2.05) is 30.3 Å². The van der Waals surface area contributed by atoms with Gasteiger partial charge in [-0.1, -0.05) is 47.7 Å². The van der Waals surface area contributed by atoms with Gasteiger partial charge in [-0.2, -0.15) is 0 Å². The molecule has 1 heterocycles. The zero-order valence-corrected chi connectivity index (χ0v) is 15.6. The Morgan fingerprint density at radius 2 is 1.67 bits per heavy atom. The Kier molecular flexibility index (Phi) is 5.42. The molecule has 27 heavy (non-hydrogen) atoms. The number of ketones is 1. The molecule has 3 aromatic rings. The number of anilines is 2. The number of thiazole rings is 1. The molecule has 0 radical (unpaired) electrons. The van der Waals surface area contributed by atoms with Crippen LogP contribution < -0.4 is 10.6 Å². The monoisotopic (exact) mass is 379 g/mol. The number of rotatable bonds is 5. The molecule has 0 aliphatic carbocycles. The minimum atomic E-state index is -0.370. The Hall–Kier alpha value is -3.32. The van der Waals surface area contributed by atoms with Crippen LogP contribution in [-0.4, -0.2) is 22.6 Å². The first-order chi connectivity index (χ1) is 12.9. The van der Waals surface area contributed by atoms with Gasteiger partial charge in [-0.3, -0.25) is 19.7 Å². The van der Waals surface area contributed by atoms with Crippen LogP contribution in [0, 0.1) is 0 Å². The fourth-order valence-electron chi connectivity index (χ4n) is 2.51. The Bertz CT molecular complexity index is 1010. The van der Waals surface area contributed by atoms with Crippen LogP contribution in [0.3, 0.4) is 0 Å². The van der Waals surface area contributed by atoms with Gasteiger partial charge in [0.25, 0.3) is 5.91 Å². The van der Waals surface area contributed by atoms with Crippen LogP contribution in [0.5, 0.6) is 0 Å². The number of hydrogen-bond acceptors (Lipinski definition) is 5. The van der Waals surface area contributed by atoms with Crippen molar-refractivity contribution in [2.45, 2.75) is 13.8 Å². The maximum absolute atomic E-state index is 12.5. The normalized spacial score (nSPS) is 10.3. The second-order valence-electron chi connectivity index (χ2n) is 5.84. The summed E-state index contributed by atoms with van der Waals surface area (Å²) >= 11 is 1.14. The van der Waals surface area contributed by atoms with Gasteiger partial charge >= 0.3 is 0 Å². The van der Waals surface area contributed by atoms with Crippen LogP contribution in [0.15, 0.2) is 54.6 Å². The first-order valence-electron chi connectivity index (χ1n) is 8.20. The predicted molar refractivity (Wildman–Crippen MR) is 106 cm³/mol. The van der Waals surface area contributed by atoms with Gasteiger partial charge in [0, 0.05) is 30.7 Å². The number of nitrogens with zero attached hydrogens (tertiary/aromatic N) is 1. The third-order valence-electron chi connectivity index (χ3n) is 3.66. The van der Waals surface area contributed by atoms with Crippen LogP contribution in [-0.2, 0) is 4.79 Å². The first-order valence-corrected chi connectivity index (χ1v) is 9.02. The second kappa shape index (κ2) is 7.92. The zero-order valence-electron chi connectivity index (χ0n) is 14.8. The quantitative estimate of drug-likeness (QED) is 0.650. The fourth-order valence-corrected chi connectivity index (χ4v) is 3.39. The van der Waals surface area contributed by atoms with Crippen molar-refractivity contribution < 1.29 is 14.4 Å². The van der Waals surface area contributed by atoms with Crippen molar-refractivity contribution in [2.75, 3.05) is 10.6 Å². The van der Waals surface area contributed by atoms with Crippen molar-refractivity contribution in [3.63, 3.8) is 0 Å². The molecule has 0 fully saturated rings. The number of amides is 2. The predicted octanol–water partition coefficient (Wildman–Crippen LogP) is 4.22. The zero-order chi connectivity index (χ0) is 19.4. The minimum Gasteiger partial charge on any atom is -0.326 e. The first kappa shape index (κ1) is 18.5. The van der Waals surface area contributed by atoms with Crippen LogP contribution in [0.4, 0.5) is 10.8 Å². The molecule has 0 bridgehead atoms. The SMILES string of the molecule is CC(=O)Nc1cccc(C(=O)Nc2nc(-c3ccccc3)c(C(C)=O)s2)c1. The van der Waals surface area contributed by atoms with E-state index in [4.69, 9.17) is 0 Å². The number of hydrogen-bond donors (Lipinski definition) is 2. The summed E-state index contributed by atoms with van der Waals surface area (Å²) in [5, 5.41) is 5.71. The van der Waals surface area contributed by atoms with Crippen molar-refractivity contribution in [3.8, 4) is 11.3 Å². The van der Waals surface area contributed by atoms with Gasteiger partial charge in [0.1, 0.15) is 0 Å². The summed E-state index contributed by atoms with van der Waals surface area (Å²) in [4.78, 5) is 40.6. The van der Waals surface area contributed by atoms with E-state index in [0.717, 1.165) is 16.9 Å². The van der Waals surface area contributed by atoms with E-state index in [-0.39, 0.29) is 17.6 Å². The van der Waals surface area contributed by atoms with Gasteiger partial charge in [0.15, 0.2) is 10.9 Å². The molecule has 6 nitrogen and oxygen atoms in total. The largest absolute Gasteiger partial charge is 0.326 e. The summed E-state index contributed by atoms with van der Waals surface area (Å²) in [5.74, 6) is -0.698. The van der Waals surface area contributed by atoms with Gasteiger partial charge in [-0.25, -0.2) is 4.98 Å². The third kappa shape index (κ3) is 4.45. The molecule has 0 aliphatic heterocycles. The lowest BCUT2D eigenvalue weighted by molar-refractivity contribution is -0.114. The summed E-state index contributed by atoms with van der Waals surface area (Å²) in [6, 6.07) is 15.9. The van der Waals surface area contributed by atoms with Gasteiger partial charge in [-0.05, 0) is 18.2 Å². The van der Waals surface area contributed by atoms with Gasteiger partial charge in [0.05, 0.1) is 10.6 Å². The van der Waals surface area contributed by atoms with Gasteiger partial charge < -0.3 is 5.32 Å². The molecule has 0 aliphatic rings. The van der Waals surface area contributed by atoms with Crippen molar-refractivity contribution in [3.05, 3.63) is 65.0 Å². The molecular formula is C20H17N3O3S. The lowest BCUT2D eigenvalue weighted by Gasteiger charge is -2.05. The summed E-state index contributed by atoms with van der Waals surface area (Å²) in [5.41, 5.74) is 2.27. The summed E-state index contributed by atoms with van der Waals surface area (Å²) in [7, 11) is 0. The lowest BCUT2D eigenvalue weighted by Crippen LogP contribution is -2.13. The average Bonchev–Trinajstić information content (AvgIpc) is 3.06. The molecule has 3 rings (SSSR count).